The Labute approximate surface area is 295 Å². The van der Waals surface area contributed by atoms with Crippen molar-refractivity contribution in [1.29, 1.82) is 0 Å². The van der Waals surface area contributed by atoms with Crippen LogP contribution in [0.25, 0.3) is 44.3 Å². The van der Waals surface area contributed by atoms with Gasteiger partial charge in [-0.25, -0.2) is 0 Å². The van der Waals surface area contributed by atoms with E-state index in [9.17, 15) is 9.90 Å². The van der Waals surface area contributed by atoms with E-state index in [-0.39, 0.29) is 47.9 Å². The van der Waals surface area contributed by atoms with E-state index in [0.717, 1.165) is 64.6 Å². The minimum atomic E-state index is -0.337. The van der Waals surface area contributed by atoms with Crippen LogP contribution in [0.1, 0.15) is 93.6 Å². The molecule has 0 aliphatic carbocycles. The first-order valence-electron chi connectivity index (χ1n) is 16.6. The molecule has 0 saturated heterocycles. The van der Waals surface area contributed by atoms with E-state index in [1.54, 1.807) is 0 Å². The molecule has 0 amide bonds. The number of allylic oxidation sites excluding steroid dienone is 2. The first kappa shape index (κ1) is 37.9. The van der Waals surface area contributed by atoms with Crippen LogP contribution in [0.4, 0.5) is 0 Å². The maximum atomic E-state index is 12.2. The Bertz CT molecular complexity index is 1800. The molecule has 1 N–H and O–H groups in total. The van der Waals surface area contributed by atoms with Crippen LogP contribution < -0.4 is 0 Å². The van der Waals surface area contributed by atoms with Crippen molar-refractivity contribution < 1.29 is 34.4 Å². The van der Waals surface area contributed by atoms with Gasteiger partial charge in [0.15, 0.2) is 5.78 Å². The molecule has 0 aliphatic heterocycles. The molecule has 0 aliphatic rings. The van der Waals surface area contributed by atoms with Crippen molar-refractivity contribution in [2.75, 3.05) is 0 Å². The number of aromatic nitrogens is 1. The zero-order valence-corrected chi connectivity index (χ0v) is 31.9. The van der Waals surface area contributed by atoms with Gasteiger partial charge in [0.25, 0.3) is 0 Å². The van der Waals surface area contributed by atoms with Crippen molar-refractivity contribution >= 4 is 27.5 Å². The minimum absolute atomic E-state index is 0. The van der Waals surface area contributed by atoms with Crippen molar-refractivity contribution in [1.82, 2.24) is 4.98 Å². The van der Waals surface area contributed by atoms with E-state index in [4.69, 9.17) is 4.42 Å². The summed E-state index contributed by atoms with van der Waals surface area (Å²) < 4.78 is 6.06. The average molecular weight is 809 g/mol. The predicted molar refractivity (Wildman–Crippen MR) is 193 cm³/mol. The van der Waals surface area contributed by atoms with Crippen LogP contribution >= 0.6 is 0 Å². The number of aliphatic hydroxyl groups is 1. The van der Waals surface area contributed by atoms with Crippen molar-refractivity contribution in [3.63, 3.8) is 0 Å². The second kappa shape index (κ2) is 15.6. The molecule has 0 atom stereocenters. The number of rotatable bonds is 9. The molecular formula is C42H50IrNO3-. The Kier molecular flexibility index (Phi) is 12.6. The maximum Gasteiger partial charge on any atom is 0.164 e. The fourth-order valence-corrected chi connectivity index (χ4v) is 5.53. The van der Waals surface area contributed by atoms with Gasteiger partial charge in [-0.3, -0.25) is 9.78 Å². The molecule has 1 radical (unpaired) electrons. The predicted octanol–water partition coefficient (Wildman–Crippen LogP) is 12.1. The van der Waals surface area contributed by atoms with Crippen molar-refractivity contribution in [3.05, 3.63) is 102 Å². The number of benzene rings is 3. The van der Waals surface area contributed by atoms with Gasteiger partial charge < -0.3 is 9.52 Å². The van der Waals surface area contributed by atoms with E-state index >= 15 is 0 Å². The normalized spacial score (nSPS) is 12.4. The van der Waals surface area contributed by atoms with Gasteiger partial charge in [-0.2, -0.15) is 0 Å². The van der Waals surface area contributed by atoms with Gasteiger partial charge in [-0.05, 0) is 49.3 Å². The molecule has 5 rings (SSSR count). The minimum Gasteiger partial charge on any atom is -0.512 e. The number of carbonyl (C=O) groups excluding carboxylic acids is 1. The molecule has 5 heteroatoms. The van der Waals surface area contributed by atoms with E-state index in [2.05, 4.69) is 80.4 Å². The monoisotopic (exact) mass is 809 g/mol. The third-order valence-electron chi connectivity index (χ3n) is 9.93. The van der Waals surface area contributed by atoms with Gasteiger partial charge in [-0.15, -0.1) is 29.1 Å². The van der Waals surface area contributed by atoms with E-state index in [1.165, 1.54) is 17.0 Å². The van der Waals surface area contributed by atoms with Gasteiger partial charge in [0.1, 0.15) is 17.1 Å². The second-order valence-electron chi connectivity index (χ2n) is 13.9. The van der Waals surface area contributed by atoms with Gasteiger partial charge in [0.05, 0.1) is 0 Å². The Balaban J connectivity index is 0.000000290. The Hall–Kier alpha value is -3.53. The molecule has 0 saturated carbocycles. The van der Waals surface area contributed by atoms with Crippen LogP contribution in [0.3, 0.4) is 0 Å². The third-order valence-corrected chi connectivity index (χ3v) is 9.93. The molecule has 251 valence electrons. The summed E-state index contributed by atoms with van der Waals surface area (Å²) in [7, 11) is 0. The van der Waals surface area contributed by atoms with E-state index < -0.39 is 0 Å². The zero-order chi connectivity index (χ0) is 33.7. The zero-order valence-electron chi connectivity index (χ0n) is 29.5. The average Bonchev–Trinajstić information content (AvgIpc) is 3.51. The number of fused-ring (bicyclic) bond motifs is 2. The fraction of sp³-hybridized carbons (Fsp3) is 0.381. The Morgan fingerprint density at radius 3 is 2.06 bits per heavy atom. The molecule has 5 aromatic rings. The van der Waals surface area contributed by atoms with Gasteiger partial charge in [-0.1, -0.05) is 116 Å². The first-order valence-corrected chi connectivity index (χ1v) is 16.6. The molecular weight excluding hydrogens is 759 g/mol. The van der Waals surface area contributed by atoms with Crippen LogP contribution in [0.5, 0.6) is 0 Å². The van der Waals surface area contributed by atoms with E-state index in [1.807, 2.05) is 72.0 Å². The smallest absolute Gasteiger partial charge is 0.164 e. The standard InChI is InChI=1S/C27H22NO.C15H28O2.Ir/c1-27(2,3)23-15-21(14-18-8-4-6-10-22(18)23)24-16-20(12-13-28-24)26-17-19-9-5-7-11-25(19)29-26;1-7-14(5,8-2)12(16)11-13(17)15(6,9-3)10-4;/h4-13,15-17H,1-3H3;11,16H,7-10H2,1-6H3;/q-1;;/b;12-11-;. The fourth-order valence-electron chi connectivity index (χ4n) is 5.53. The number of pyridine rings is 1. The van der Waals surface area contributed by atoms with Gasteiger partial charge in [0.2, 0.25) is 0 Å². The van der Waals surface area contributed by atoms with E-state index in [0.29, 0.717) is 0 Å². The van der Waals surface area contributed by atoms with Crippen molar-refractivity contribution in [3.8, 4) is 22.6 Å². The van der Waals surface area contributed by atoms with Crippen LogP contribution in [-0.2, 0) is 30.3 Å². The summed E-state index contributed by atoms with van der Waals surface area (Å²) in [6, 6.07) is 28.5. The maximum absolute atomic E-state index is 12.2. The number of furan rings is 1. The number of carbonyl (C=O) groups is 1. The third kappa shape index (κ3) is 8.50. The summed E-state index contributed by atoms with van der Waals surface area (Å²) in [5, 5.41) is 13.6. The molecule has 2 aromatic heterocycles. The van der Waals surface area contributed by atoms with Crippen LogP contribution in [0.2, 0.25) is 0 Å². The summed E-state index contributed by atoms with van der Waals surface area (Å²) in [6.07, 6.45) is 6.60. The van der Waals surface area contributed by atoms with Gasteiger partial charge >= 0.3 is 0 Å². The quantitative estimate of drug-likeness (QED) is 0.0915. The number of hydrogen-bond donors (Lipinski definition) is 1. The molecule has 0 spiro atoms. The molecule has 2 heterocycles. The summed E-state index contributed by atoms with van der Waals surface area (Å²) in [4.78, 5) is 16.8. The summed E-state index contributed by atoms with van der Waals surface area (Å²) >= 11 is 0. The Morgan fingerprint density at radius 2 is 1.45 bits per heavy atom. The first-order chi connectivity index (χ1) is 21.8. The number of aliphatic hydroxyl groups excluding tert-OH is 1. The van der Waals surface area contributed by atoms with Crippen LogP contribution in [0.15, 0.2) is 95.2 Å². The van der Waals surface area contributed by atoms with Crippen LogP contribution in [0, 0.1) is 16.9 Å². The summed E-state index contributed by atoms with van der Waals surface area (Å²) in [6.45, 7) is 18.8. The molecule has 3 aromatic carbocycles. The number of para-hydroxylation sites is 1. The van der Waals surface area contributed by atoms with Crippen molar-refractivity contribution in [2.24, 2.45) is 10.8 Å². The SMILES string of the molecule is CC(C)(C)c1cc(-c2cc(-c3cc4ccccc4o3)ccn2)[c-]c2ccccc12.CCC(C)(CC)C(=O)/C=C(\O)C(C)(CC)CC.[Ir]. The molecule has 47 heavy (non-hydrogen) atoms. The largest absolute Gasteiger partial charge is 0.512 e. The van der Waals surface area contributed by atoms with Crippen molar-refractivity contribution in [2.45, 2.75) is 93.4 Å². The van der Waals surface area contributed by atoms with Crippen LogP contribution in [-0.4, -0.2) is 15.9 Å². The molecule has 0 fully saturated rings. The van der Waals surface area contributed by atoms with Gasteiger partial charge in [0, 0.05) is 59.9 Å². The molecule has 4 nitrogen and oxygen atoms in total. The molecule has 0 unspecified atom stereocenters. The summed E-state index contributed by atoms with van der Waals surface area (Å²) in [5.41, 5.74) is 4.55. The topological polar surface area (TPSA) is 63.3 Å². The Morgan fingerprint density at radius 1 is 0.830 bits per heavy atom. The summed E-state index contributed by atoms with van der Waals surface area (Å²) in [5.74, 6) is 1.14. The number of ketones is 1. The number of hydrogen-bond acceptors (Lipinski definition) is 4. The number of nitrogens with zero attached hydrogens (tertiary/aromatic N) is 1. The molecule has 0 bridgehead atoms. The second-order valence-corrected chi connectivity index (χ2v) is 13.9.